The maximum absolute atomic E-state index is 9.53. The van der Waals surface area contributed by atoms with Gasteiger partial charge in [-0.15, -0.1) is 0 Å². The van der Waals surface area contributed by atoms with Gasteiger partial charge in [0.2, 0.25) is 0 Å². The van der Waals surface area contributed by atoms with Crippen molar-refractivity contribution in [3.63, 3.8) is 0 Å². The van der Waals surface area contributed by atoms with Crippen LogP contribution >= 0.6 is 11.3 Å². The molecule has 0 amide bonds. The molecule has 1 aliphatic heterocycles. The van der Waals surface area contributed by atoms with Crippen LogP contribution in [0.1, 0.15) is 68.4 Å². The molecule has 1 aromatic heterocycles. The van der Waals surface area contributed by atoms with E-state index in [1.807, 2.05) is 0 Å². The normalized spacial score (nSPS) is 23.9. The van der Waals surface area contributed by atoms with Crippen molar-refractivity contribution in [2.24, 2.45) is 5.92 Å². The molecular weight excluding hydrogens is 268 g/mol. The highest BCUT2D eigenvalue weighted by atomic mass is 32.1. The van der Waals surface area contributed by atoms with E-state index in [2.05, 4.69) is 11.8 Å². The van der Waals surface area contributed by atoms with Crippen LogP contribution in [0.2, 0.25) is 0 Å². The highest BCUT2D eigenvalue weighted by Crippen LogP contribution is 2.44. The molecule has 20 heavy (non-hydrogen) atoms. The van der Waals surface area contributed by atoms with Gasteiger partial charge in [0, 0.05) is 19.0 Å². The summed E-state index contributed by atoms with van der Waals surface area (Å²) in [5.74, 6) is 1.55. The lowest BCUT2D eigenvalue weighted by Crippen LogP contribution is -2.24. The first-order valence-electron chi connectivity index (χ1n) is 8.17. The number of rotatable bonds is 5. The van der Waals surface area contributed by atoms with Gasteiger partial charge in [-0.2, -0.15) is 0 Å². The lowest BCUT2D eigenvalue weighted by molar-refractivity contribution is 0.284. The summed E-state index contributed by atoms with van der Waals surface area (Å²) in [4.78, 5) is 8.44. The van der Waals surface area contributed by atoms with E-state index in [4.69, 9.17) is 4.98 Å². The fourth-order valence-electron chi connectivity index (χ4n) is 3.33. The van der Waals surface area contributed by atoms with E-state index < -0.39 is 0 Å². The molecule has 2 fully saturated rings. The van der Waals surface area contributed by atoms with Crippen LogP contribution in [-0.2, 0) is 6.61 Å². The molecule has 1 saturated carbocycles. The Labute approximate surface area is 126 Å². The highest BCUT2D eigenvalue weighted by Gasteiger charge is 2.30. The molecule has 3 rings (SSSR count). The molecule has 1 N–H and O–H groups in total. The van der Waals surface area contributed by atoms with E-state index >= 15 is 0 Å². The molecule has 4 heteroatoms. The summed E-state index contributed by atoms with van der Waals surface area (Å²) >= 11 is 1.72. The Kier molecular flexibility index (Phi) is 4.61. The third-order valence-corrected chi connectivity index (χ3v) is 5.76. The lowest BCUT2D eigenvalue weighted by atomic mass is 9.96. The van der Waals surface area contributed by atoms with Crippen LogP contribution < -0.4 is 4.90 Å². The van der Waals surface area contributed by atoms with E-state index in [1.165, 1.54) is 50.6 Å². The number of aromatic nitrogens is 1. The van der Waals surface area contributed by atoms with E-state index in [1.54, 1.807) is 11.3 Å². The Morgan fingerprint density at radius 2 is 2.10 bits per heavy atom. The van der Waals surface area contributed by atoms with Gasteiger partial charge >= 0.3 is 0 Å². The van der Waals surface area contributed by atoms with Crippen LogP contribution in [0, 0.1) is 5.92 Å². The summed E-state index contributed by atoms with van der Waals surface area (Å²) in [6, 6.07) is 0. The smallest absolute Gasteiger partial charge is 0.185 e. The molecule has 1 aliphatic carbocycles. The number of aliphatic hydroxyl groups excluding tert-OH is 1. The quantitative estimate of drug-likeness (QED) is 0.894. The number of hydrogen-bond acceptors (Lipinski definition) is 4. The van der Waals surface area contributed by atoms with Crippen molar-refractivity contribution < 1.29 is 5.11 Å². The number of anilines is 1. The van der Waals surface area contributed by atoms with Crippen molar-refractivity contribution in [3.8, 4) is 0 Å². The van der Waals surface area contributed by atoms with Crippen LogP contribution in [0.4, 0.5) is 5.13 Å². The number of hydrogen-bond donors (Lipinski definition) is 1. The van der Waals surface area contributed by atoms with E-state index in [0.29, 0.717) is 5.92 Å². The SMILES string of the molecule is CCCC1CCCN(c2nc(C3CC3)c(CO)s2)CC1. The zero-order valence-electron chi connectivity index (χ0n) is 12.5. The summed E-state index contributed by atoms with van der Waals surface area (Å²) in [6.07, 6.45) is 9.17. The van der Waals surface area contributed by atoms with Crippen LogP contribution in [0.15, 0.2) is 0 Å². The Hall–Kier alpha value is -0.610. The summed E-state index contributed by atoms with van der Waals surface area (Å²) in [7, 11) is 0. The molecule has 0 bridgehead atoms. The van der Waals surface area contributed by atoms with Gasteiger partial charge in [0.1, 0.15) is 0 Å². The molecular formula is C16H26N2OS. The van der Waals surface area contributed by atoms with Crippen molar-refractivity contribution >= 4 is 16.5 Å². The predicted octanol–water partition coefficient (Wildman–Crippen LogP) is 3.92. The van der Waals surface area contributed by atoms with E-state index in [-0.39, 0.29) is 6.61 Å². The monoisotopic (exact) mass is 294 g/mol. The molecule has 1 unspecified atom stereocenters. The topological polar surface area (TPSA) is 36.4 Å². The first-order valence-corrected chi connectivity index (χ1v) is 8.98. The van der Waals surface area contributed by atoms with Crippen LogP contribution in [0.5, 0.6) is 0 Å². The Morgan fingerprint density at radius 3 is 2.80 bits per heavy atom. The van der Waals surface area contributed by atoms with Gasteiger partial charge in [-0.3, -0.25) is 0 Å². The average molecular weight is 294 g/mol. The molecule has 112 valence electrons. The first kappa shape index (κ1) is 14.3. The van der Waals surface area contributed by atoms with Crippen molar-refractivity contribution in [2.75, 3.05) is 18.0 Å². The van der Waals surface area contributed by atoms with Crippen LogP contribution in [-0.4, -0.2) is 23.2 Å². The largest absolute Gasteiger partial charge is 0.391 e. The summed E-state index contributed by atoms with van der Waals surface area (Å²) < 4.78 is 0. The predicted molar refractivity (Wildman–Crippen MR) is 84.5 cm³/mol. The minimum atomic E-state index is 0.162. The molecule has 0 spiro atoms. The highest BCUT2D eigenvalue weighted by molar-refractivity contribution is 7.15. The molecule has 1 aromatic rings. The minimum Gasteiger partial charge on any atom is -0.391 e. The van der Waals surface area contributed by atoms with Gasteiger partial charge in [0.25, 0.3) is 0 Å². The third-order valence-electron chi connectivity index (χ3n) is 4.64. The standard InChI is InChI=1S/C16H26N2OS/c1-2-4-12-5-3-9-18(10-8-12)16-17-15(13-6-7-13)14(11-19)20-16/h12-13,19H,2-11H2,1H3. The van der Waals surface area contributed by atoms with Crippen molar-refractivity contribution in [2.45, 2.75) is 64.4 Å². The van der Waals surface area contributed by atoms with Gasteiger partial charge in [-0.05, 0) is 38.0 Å². The molecule has 2 aliphatic rings. The summed E-state index contributed by atoms with van der Waals surface area (Å²) in [5.41, 5.74) is 1.20. The molecule has 2 heterocycles. The number of thiazole rings is 1. The zero-order valence-corrected chi connectivity index (χ0v) is 13.3. The van der Waals surface area contributed by atoms with Gasteiger partial charge in [-0.25, -0.2) is 4.98 Å². The maximum atomic E-state index is 9.53. The van der Waals surface area contributed by atoms with Crippen LogP contribution in [0.3, 0.4) is 0 Å². The average Bonchev–Trinajstić information content (AvgIpc) is 3.25. The number of nitrogens with zero attached hydrogens (tertiary/aromatic N) is 2. The second-order valence-corrected chi connectivity index (χ2v) is 7.37. The molecule has 1 atom stereocenters. The van der Waals surface area contributed by atoms with Gasteiger partial charge < -0.3 is 10.0 Å². The molecule has 3 nitrogen and oxygen atoms in total. The second-order valence-electron chi connectivity index (χ2n) is 6.31. The molecule has 0 radical (unpaired) electrons. The molecule has 0 aromatic carbocycles. The van der Waals surface area contributed by atoms with Gasteiger partial charge in [0.15, 0.2) is 5.13 Å². The van der Waals surface area contributed by atoms with Crippen LogP contribution in [0.25, 0.3) is 0 Å². The van der Waals surface area contributed by atoms with Crippen molar-refractivity contribution in [3.05, 3.63) is 10.6 Å². The summed E-state index contributed by atoms with van der Waals surface area (Å²) in [5, 5.41) is 10.7. The molecule has 1 saturated heterocycles. The maximum Gasteiger partial charge on any atom is 0.185 e. The Morgan fingerprint density at radius 1 is 1.25 bits per heavy atom. The zero-order chi connectivity index (χ0) is 13.9. The first-order chi connectivity index (χ1) is 9.81. The Bertz CT molecular complexity index is 442. The Balaban J connectivity index is 1.69. The number of aliphatic hydroxyl groups is 1. The minimum absolute atomic E-state index is 0.162. The lowest BCUT2D eigenvalue weighted by Gasteiger charge is -2.19. The second kappa shape index (κ2) is 6.44. The fourth-order valence-corrected chi connectivity index (χ4v) is 4.39. The van der Waals surface area contributed by atoms with Gasteiger partial charge in [0.05, 0.1) is 17.2 Å². The van der Waals surface area contributed by atoms with Gasteiger partial charge in [-0.1, -0.05) is 31.1 Å². The van der Waals surface area contributed by atoms with Crippen molar-refractivity contribution in [1.29, 1.82) is 0 Å². The van der Waals surface area contributed by atoms with Crippen molar-refractivity contribution in [1.82, 2.24) is 4.98 Å². The summed E-state index contributed by atoms with van der Waals surface area (Å²) in [6.45, 7) is 4.74. The fraction of sp³-hybridized carbons (Fsp3) is 0.812. The third kappa shape index (κ3) is 3.17. The van der Waals surface area contributed by atoms with E-state index in [9.17, 15) is 5.11 Å². The van der Waals surface area contributed by atoms with E-state index in [0.717, 1.165) is 29.0 Å².